The number of nitrogens with zero attached hydrogens (tertiary/aromatic N) is 1. The lowest BCUT2D eigenvalue weighted by molar-refractivity contribution is -0.131. The maximum Gasteiger partial charge on any atom is 0.264 e. The minimum atomic E-state index is -3.74. The summed E-state index contributed by atoms with van der Waals surface area (Å²) in [7, 11) is -2.19. The van der Waals surface area contributed by atoms with E-state index in [4.69, 9.17) is 9.94 Å². The Bertz CT molecular complexity index is 796. The number of nitrogens with one attached hydrogen (secondary N) is 1. The number of sulfone groups is 1. The van der Waals surface area contributed by atoms with Gasteiger partial charge in [-0.1, -0.05) is 37.8 Å². The van der Waals surface area contributed by atoms with Gasteiger partial charge in [0.25, 0.3) is 5.91 Å². The Morgan fingerprint density at radius 2 is 2.03 bits per heavy atom. The van der Waals surface area contributed by atoms with Crippen LogP contribution in [0.3, 0.4) is 0 Å². The fourth-order valence-corrected chi connectivity index (χ4v) is 3.23. The molecule has 1 unspecified atom stereocenters. The van der Waals surface area contributed by atoms with E-state index in [0.717, 1.165) is 24.7 Å². The van der Waals surface area contributed by atoms with Crippen molar-refractivity contribution in [2.45, 2.75) is 37.9 Å². The number of allylic oxidation sites excluding steroid dienone is 2. The number of ether oxygens (including phenoxy) is 1. The van der Waals surface area contributed by atoms with Crippen molar-refractivity contribution in [2.24, 2.45) is 0 Å². The number of hydroxylamine groups is 1. The Morgan fingerprint density at radius 1 is 1.34 bits per heavy atom. The summed E-state index contributed by atoms with van der Waals surface area (Å²) in [5.74, 6) is 10.3. The first-order chi connectivity index (χ1) is 13.7. The van der Waals surface area contributed by atoms with Crippen molar-refractivity contribution in [2.75, 3.05) is 39.6 Å². The van der Waals surface area contributed by atoms with Gasteiger partial charge in [0, 0.05) is 32.0 Å². The predicted molar refractivity (Wildman–Crippen MR) is 115 cm³/mol. The number of amides is 1. The average Bonchev–Trinajstić information content (AvgIpc) is 2.67. The van der Waals surface area contributed by atoms with Crippen LogP contribution < -0.4 is 5.48 Å². The number of carbonyl (C=O) groups excluding carboxylic acids is 1. The van der Waals surface area contributed by atoms with E-state index >= 15 is 0 Å². The van der Waals surface area contributed by atoms with Gasteiger partial charge in [-0.25, -0.2) is 13.9 Å². The van der Waals surface area contributed by atoms with Crippen LogP contribution in [-0.2, 0) is 19.4 Å². The Labute approximate surface area is 175 Å². The van der Waals surface area contributed by atoms with Gasteiger partial charge in [0.15, 0.2) is 14.6 Å². The molecule has 0 saturated carbocycles. The van der Waals surface area contributed by atoms with Crippen molar-refractivity contribution < 1.29 is 23.2 Å². The molecule has 1 atom stereocenters. The molecule has 29 heavy (non-hydrogen) atoms. The Balaban J connectivity index is 5.47. The third-order valence-corrected chi connectivity index (χ3v) is 6.46. The van der Waals surface area contributed by atoms with Crippen LogP contribution in [0.2, 0.25) is 0 Å². The molecule has 0 aromatic heterocycles. The SMILES string of the molecule is C=C/C=C(/C#CC#CCOC)CN(CCCC)CCC(C)(C(=O)NO)S(C)(=O)=O. The summed E-state index contributed by atoms with van der Waals surface area (Å²) in [6, 6.07) is 0. The number of unbranched alkanes of at least 4 members (excludes halogenated alkanes) is 1. The molecule has 0 heterocycles. The maximum atomic E-state index is 12.2. The number of hydrogen-bond donors (Lipinski definition) is 2. The van der Waals surface area contributed by atoms with Crippen LogP contribution in [0.15, 0.2) is 24.3 Å². The fourth-order valence-electron chi connectivity index (χ4n) is 2.39. The molecular weight excluding hydrogens is 392 g/mol. The maximum absolute atomic E-state index is 12.2. The van der Waals surface area contributed by atoms with Gasteiger partial charge in [-0.05, 0) is 44.2 Å². The molecule has 0 spiro atoms. The first-order valence-electron chi connectivity index (χ1n) is 9.32. The van der Waals surface area contributed by atoms with Crippen LogP contribution in [0.4, 0.5) is 0 Å². The van der Waals surface area contributed by atoms with E-state index in [9.17, 15) is 13.2 Å². The standard InChI is InChI=1S/C21H32N2O5S/c1-6-8-15-23(16-14-21(3,20(24)22-25)29(5,26)27)18-19(12-7-2)13-10-9-11-17-28-4/h7,12,25H,2,6,8,14-18H2,1,3-5H3,(H,22,24)/b19-12-. The summed E-state index contributed by atoms with van der Waals surface area (Å²) in [5, 5.41) is 8.98. The van der Waals surface area contributed by atoms with E-state index < -0.39 is 20.5 Å². The predicted octanol–water partition coefficient (Wildman–Crippen LogP) is 1.55. The van der Waals surface area contributed by atoms with E-state index in [1.807, 2.05) is 4.90 Å². The number of methoxy groups -OCH3 is 1. The largest absolute Gasteiger partial charge is 0.372 e. The lowest BCUT2D eigenvalue weighted by Crippen LogP contribution is -2.51. The van der Waals surface area contributed by atoms with Gasteiger partial charge in [0.2, 0.25) is 0 Å². The van der Waals surface area contributed by atoms with Crippen LogP contribution in [0.25, 0.3) is 0 Å². The molecule has 0 bridgehead atoms. The van der Waals surface area contributed by atoms with Gasteiger partial charge in [-0.2, -0.15) is 0 Å². The van der Waals surface area contributed by atoms with Gasteiger partial charge in [0.05, 0.1) is 0 Å². The minimum absolute atomic E-state index is 0.0321. The third kappa shape index (κ3) is 9.78. The summed E-state index contributed by atoms with van der Waals surface area (Å²) >= 11 is 0. The van der Waals surface area contributed by atoms with Crippen molar-refractivity contribution in [1.82, 2.24) is 10.4 Å². The van der Waals surface area contributed by atoms with Crippen molar-refractivity contribution in [3.8, 4) is 23.7 Å². The molecule has 7 nitrogen and oxygen atoms in total. The monoisotopic (exact) mass is 424 g/mol. The lowest BCUT2D eigenvalue weighted by Gasteiger charge is -2.29. The minimum Gasteiger partial charge on any atom is -0.372 e. The molecule has 0 radical (unpaired) electrons. The fraction of sp³-hybridized carbons (Fsp3) is 0.571. The van der Waals surface area contributed by atoms with Crippen molar-refractivity contribution in [1.29, 1.82) is 0 Å². The number of hydrogen-bond acceptors (Lipinski definition) is 6. The summed E-state index contributed by atoms with van der Waals surface area (Å²) in [6.45, 7) is 8.89. The summed E-state index contributed by atoms with van der Waals surface area (Å²) in [6.07, 6.45) is 6.30. The zero-order chi connectivity index (χ0) is 22.3. The second kappa shape index (κ2) is 14.0. The molecule has 0 aliphatic carbocycles. The van der Waals surface area contributed by atoms with Crippen LogP contribution in [0.5, 0.6) is 0 Å². The molecule has 0 aromatic carbocycles. The number of carbonyl (C=O) groups is 1. The zero-order valence-electron chi connectivity index (χ0n) is 17.7. The molecular formula is C21H32N2O5S. The van der Waals surface area contributed by atoms with Crippen molar-refractivity contribution in [3.05, 3.63) is 24.3 Å². The van der Waals surface area contributed by atoms with Crippen LogP contribution in [0, 0.1) is 23.7 Å². The Kier molecular flexibility index (Phi) is 13.0. The molecule has 1 amide bonds. The van der Waals surface area contributed by atoms with Gasteiger partial charge < -0.3 is 4.74 Å². The molecule has 0 aliphatic rings. The van der Waals surface area contributed by atoms with Gasteiger partial charge in [0.1, 0.15) is 6.61 Å². The third-order valence-electron chi connectivity index (χ3n) is 4.44. The van der Waals surface area contributed by atoms with Crippen LogP contribution in [-0.4, -0.2) is 68.8 Å². The van der Waals surface area contributed by atoms with E-state index in [2.05, 4.69) is 37.2 Å². The van der Waals surface area contributed by atoms with E-state index in [-0.39, 0.29) is 6.42 Å². The highest BCUT2D eigenvalue weighted by atomic mass is 32.2. The molecule has 2 N–H and O–H groups in total. The van der Waals surface area contributed by atoms with Crippen molar-refractivity contribution >= 4 is 15.7 Å². The van der Waals surface area contributed by atoms with Crippen LogP contribution >= 0.6 is 0 Å². The quantitative estimate of drug-likeness (QED) is 0.214. The Morgan fingerprint density at radius 3 is 2.55 bits per heavy atom. The summed E-state index contributed by atoms with van der Waals surface area (Å²) < 4.78 is 27.5. The topological polar surface area (TPSA) is 95.9 Å². The van der Waals surface area contributed by atoms with Crippen molar-refractivity contribution in [3.63, 3.8) is 0 Å². The second-order valence-electron chi connectivity index (χ2n) is 6.74. The molecule has 0 aromatic rings. The van der Waals surface area contributed by atoms with Gasteiger partial charge in [-0.3, -0.25) is 14.9 Å². The lowest BCUT2D eigenvalue weighted by atomic mass is 10.1. The van der Waals surface area contributed by atoms with E-state index in [1.54, 1.807) is 19.3 Å². The normalized spacial score (nSPS) is 13.5. The van der Waals surface area contributed by atoms with E-state index in [0.29, 0.717) is 26.2 Å². The highest BCUT2D eigenvalue weighted by Gasteiger charge is 2.43. The smallest absolute Gasteiger partial charge is 0.264 e. The van der Waals surface area contributed by atoms with Gasteiger partial charge in [-0.15, -0.1) is 0 Å². The number of rotatable bonds is 12. The Hall–Kier alpha value is -2.10. The van der Waals surface area contributed by atoms with Gasteiger partial charge >= 0.3 is 0 Å². The highest BCUT2D eigenvalue weighted by Crippen LogP contribution is 2.22. The molecule has 0 rings (SSSR count). The first-order valence-corrected chi connectivity index (χ1v) is 11.2. The van der Waals surface area contributed by atoms with Crippen LogP contribution in [0.1, 0.15) is 33.1 Å². The second-order valence-corrected chi connectivity index (χ2v) is 9.18. The zero-order valence-corrected chi connectivity index (χ0v) is 18.6. The summed E-state index contributed by atoms with van der Waals surface area (Å²) in [4.78, 5) is 14.1. The molecule has 0 aliphatic heterocycles. The molecule has 0 fully saturated rings. The highest BCUT2D eigenvalue weighted by molar-refractivity contribution is 7.92. The molecule has 0 saturated heterocycles. The molecule has 8 heteroatoms. The summed E-state index contributed by atoms with van der Waals surface area (Å²) in [5.41, 5.74) is 2.25. The first kappa shape index (κ1) is 26.9. The average molecular weight is 425 g/mol. The molecule has 162 valence electrons. The van der Waals surface area contributed by atoms with E-state index in [1.165, 1.54) is 12.4 Å².